The maximum atomic E-state index is 13.2. The molecule has 45 heavy (non-hydrogen) atoms. The quantitative estimate of drug-likeness (QED) is 0.106. The molecule has 4 rings (SSSR count). The van der Waals surface area contributed by atoms with Gasteiger partial charge in [-0.15, -0.1) is 0 Å². The minimum Gasteiger partial charge on any atom is -0.467 e. The van der Waals surface area contributed by atoms with E-state index in [1.165, 1.54) is 32.4 Å². The van der Waals surface area contributed by atoms with Crippen LogP contribution in [0.1, 0.15) is 45.5 Å². The molecule has 0 aliphatic carbocycles. The summed E-state index contributed by atoms with van der Waals surface area (Å²) in [6.07, 6.45) is -3.18. The van der Waals surface area contributed by atoms with E-state index in [9.17, 15) is 22.8 Å². The van der Waals surface area contributed by atoms with Crippen molar-refractivity contribution in [3.63, 3.8) is 0 Å². The molecule has 0 radical (unpaired) electrons. The second kappa shape index (κ2) is 14.7. The molecule has 1 aromatic heterocycles. The SMILES string of the molecule is COC(=O)C(C)NC(=O)c1cnc(NCc2ccc(C(F)(F)F)cc2)nc1NCC(C(=N)c1ccc(Cl)cc1)c1ccccc1. The van der Waals surface area contributed by atoms with Gasteiger partial charge in [-0.2, -0.15) is 18.2 Å². The van der Waals surface area contributed by atoms with Gasteiger partial charge in [0.05, 0.1) is 12.7 Å². The van der Waals surface area contributed by atoms with Crippen LogP contribution in [0.25, 0.3) is 0 Å². The summed E-state index contributed by atoms with van der Waals surface area (Å²) in [5.41, 5.74) is 1.60. The number of methoxy groups -OCH3 is 1. The molecule has 234 valence electrons. The van der Waals surface area contributed by atoms with E-state index < -0.39 is 35.6 Å². The molecule has 4 N–H and O–H groups in total. The molecule has 0 fully saturated rings. The molecular weight excluding hydrogens is 609 g/mol. The van der Waals surface area contributed by atoms with Crippen molar-refractivity contribution in [3.8, 4) is 0 Å². The molecule has 0 aliphatic rings. The molecular formula is C32H30ClF3N6O3. The maximum Gasteiger partial charge on any atom is 0.416 e. The van der Waals surface area contributed by atoms with Crippen molar-refractivity contribution in [2.24, 2.45) is 0 Å². The fraction of sp³-hybridized carbons (Fsp3) is 0.219. The van der Waals surface area contributed by atoms with Gasteiger partial charge in [-0.05, 0) is 47.9 Å². The Morgan fingerprint density at radius 2 is 1.64 bits per heavy atom. The zero-order chi connectivity index (χ0) is 32.6. The minimum atomic E-state index is -4.45. The second-order valence-corrected chi connectivity index (χ2v) is 10.4. The number of hydrogen-bond acceptors (Lipinski definition) is 8. The van der Waals surface area contributed by atoms with Crippen molar-refractivity contribution >= 4 is 41.0 Å². The predicted molar refractivity (Wildman–Crippen MR) is 166 cm³/mol. The number of alkyl halides is 3. The number of nitrogens with one attached hydrogen (secondary N) is 4. The van der Waals surface area contributed by atoms with Gasteiger partial charge in [0.1, 0.15) is 17.4 Å². The molecule has 3 aromatic carbocycles. The van der Waals surface area contributed by atoms with Gasteiger partial charge in [0.2, 0.25) is 5.95 Å². The summed E-state index contributed by atoms with van der Waals surface area (Å²) < 4.78 is 43.5. The first kappa shape index (κ1) is 32.9. The molecule has 1 amide bonds. The fourth-order valence-corrected chi connectivity index (χ4v) is 4.50. The van der Waals surface area contributed by atoms with Gasteiger partial charge in [0.15, 0.2) is 0 Å². The van der Waals surface area contributed by atoms with Gasteiger partial charge >= 0.3 is 12.1 Å². The Hall–Kier alpha value is -4.97. The molecule has 9 nitrogen and oxygen atoms in total. The summed E-state index contributed by atoms with van der Waals surface area (Å²) in [6, 6.07) is 20.0. The van der Waals surface area contributed by atoms with Crippen LogP contribution in [0, 0.1) is 5.41 Å². The lowest BCUT2D eigenvalue weighted by molar-refractivity contribution is -0.142. The van der Waals surface area contributed by atoms with Crippen LogP contribution in [0.2, 0.25) is 5.02 Å². The normalized spacial score (nSPS) is 12.5. The monoisotopic (exact) mass is 638 g/mol. The van der Waals surface area contributed by atoms with Gasteiger partial charge in [0.25, 0.3) is 5.91 Å². The highest BCUT2D eigenvalue weighted by molar-refractivity contribution is 6.30. The predicted octanol–water partition coefficient (Wildman–Crippen LogP) is 6.32. The number of hydrogen-bond donors (Lipinski definition) is 4. The van der Waals surface area contributed by atoms with Crippen LogP contribution in [0.15, 0.2) is 85.1 Å². The van der Waals surface area contributed by atoms with E-state index in [0.717, 1.165) is 17.7 Å². The first-order valence-electron chi connectivity index (χ1n) is 13.7. The van der Waals surface area contributed by atoms with E-state index in [4.69, 9.17) is 21.7 Å². The third-order valence-electron chi connectivity index (χ3n) is 6.85. The lowest BCUT2D eigenvalue weighted by Gasteiger charge is -2.21. The average molecular weight is 639 g/mol. The van der Waals surface area contributed by atoms with Crippen LogP contribution in [-0.2, 0) is 22.3 Å². The fourth-order valence-electron chi connectivity index (χ4n) is 4.37. The van der Waals surface area contributed by atoms with Crippen molar-refractivity contribution in [3.05, 3.63) is 118 Å². The molecule has 0 saturated carbocycles. The Bertz CT molecular complexity index is 1640. The summed E-state index contributed by atoms with van der Waals surface area (Å²) in [6.45, 7) is 1.72. The number of benzene rings is 3. The summed E-state index contributed by atoms with van der Waals surface area (Å²) in [7, 11) is 1.21. The van der Waals surface area contributed by atoms with Crippen molar-refractivity contribution in [2.45, 2.75) is 31.6 Å². The molecule has 2 atom stereocenters. The molecule has 0 bridgehead atoms. The zero-order valence-corrected chi connectivity index (χ0v) is 25.0. The molecule has 2 unspecified atom stereocenters. The van der Waals surface area contributed by atoms with Gasteiger partial charge in [-0.25, -0.2) is 9.78 Å². The van der Waals surface area contributed by atoms with Gasteiger partial charge in [-0.3, -0.25) is 4.79 Å². The Balaban J connectivity index is 1.61. The standard InChI is InChI=1S/C32H30ClF3N6O3/c1-19(30(44)45-2)41-29(43)26-18-40-31(39-16-20-8-12-23(13-9-20)32(34,35)36)42-28(26)38-17-25(21-6-4-3-5-7-21)27(37)22-10-14-24(33)15-11-22/h3-15,18-19,25,37H,16-17H2,1-2H3,(H,41,43)(H2,38,39,40,42). The van der Waals surface area contributed by atoms with Crippen molar-refractivity contribution in [1.82, 2.24) is 15.3 Å². The maximum absolute atomic E-state index is 13.2. The highest BCUT2D eigenvalue weighted by Gasteiger charge is 2.30. The first-order chi connectivity index (χ1) is 21.5. The zero-order valence-electron chi connectivity index (χ0n) is 24.3. The van der Waals surface area contributed by atoms with Gasteiger partial charge in [-0.1, -0.05) is 66.2 Å². The van der Waals surface area contributed by atoms with Gasteiger partial charge in [0, 0.05) is 35.9 Å². The Morgan fingerprint density at radius 1 is 0.978 bits per heavy atom. The number of ether oxygens (including phenoxy) is 1. The van der Waals surface area contributed by atoms with Crippen LogP contribution in [0.4, 0.5) is 24.9 Å². The molecule has 0 saturated heterocycles. The van der Waals surface area contributed by atoms with E-state index >= 15 is 0 Å². The highest BCUT2D eigenvalue weighted by Crippen LogP contribution is 2.29. The number of nitrogens with zero attached hydrogens (tertiary/aromatic N) is 2. The first-order valence-corrected chi connectivity index (χ1v) is 14.1. The van der Waals surface area contributed by atoms with Crippen molar-refractivity contribution in [2.75, 3.05) is 24.3 Å². The van der Waals surface area contributed by atoms with Crippen LogP contribution in [-0.4, -0.2) is 47.3 Å². The molecule has 4 aromatic rings. The molecule has 0 aliphatic heterocycles. The van der Waals surface area contributed by atoms with E-state index in [-0.39, 0.29) is 30.4 Å². The Morgan fingerprint density at radius 3 is 2.27 bits per heavy atom. The topological polar surface area (TPSA) is 129 Å². The van der Waals surface area contributed by atoms with E-state index in [0.29, 0.717) is 21.9 Å². The molecule has 0 spiro atoms. The number of carbonyl (C=O) groups is 2. The van der Waals surface area contributed by atoms with E-state index in [1.54, 1.807) is 24.3 Å². The number of carbonyl (C=O) groups excluding carboxylic acids is 2. The minimum absolute atomic E-state index is 0.0238. The summed E-state index contributed by atoms with van der Waals surface area (Å²) in [5, 5.41) is 18.2. The average Bonchev–Trinajstić information content (AvgIpc) is 3.04. The largest absolute Gasteiger partial charge is 0.467 e. The number of esters is 1. The lowest BCUT2D eigenvalue weighted by atomic mass is 9.90. The summed E-state index contributed by atoms with van der Waals surface area (Å²) in [4.78, 5) is 33.8. The van der Waals surface area contributed by atoms with Crippen LogP contribution >= 0.6 is 11.6 Å². The highest BCUT2D eigenvalue weighted by atomic mass is 35.5. The molecule has 1 heterocycles. The van der Waals surface area contributed by atoms with Crippen LogP contribution in [0.5, 0.6) is 0 Å². The smallest absolute Gasteiger partial charge is 0.416 e. The number of aromatic nitrogens is 2. The number of anilines is 2. The summed E-state index contributed by atoms with van der Waals surface area (Å²) >= 11 is 6.06. The third kappa shape index (κ3) is 8.79. The van der Waals surface area contributed by atoms with Crippen LogP contribution < -0.4 is 16.0 Å². The van der Waals surface area contributed by atoms with Crippen LogP contribution in [0.3, 0.4) is 0 Å². The van der Waals surface area contributed by atoms with E-state index in [2.05, 4.69) is 25.9 Å². The number of halogens is 4. The van der Waals surface area contributed by atoms with Gasteiger partial charge < -0.3 is 26.1 Å². The van der Waals surface area contributed by atoms with E-state index in [1.807, 2.05) is 30.3 Å². The Labute approximate surface area is 262 Å². The summed E-state index contributed by atoms with van der Waals surface area (Å²) in [5.74, 6) is -1.56. The van der Waals surface area contributed by atoms with Crippen molar-refractivity contribution in [1.29, 1.82) is 5.41 Å². The number of amides is 1. The molecule has 13 heteroatoms. The Kier molecular flexibility index (Phi) is 10.7. The second-order valence-electron chi connectivity index (χ2n) is 9.99. The third-order valence-corrected chi connectivity index (χ3v) is 7.10. The van der Waals surface area contributed by atoms with Crippen molar-refractivity contribution < 1.29 is 27.5 Å². The number of rotatable bonds is 12. The lowest BCUT2D eigenvalue weighted by Crippen LogP contribution is -2.39.